The average Bonchev–Trinajstić information content (AvgIpc) is 2.14. The molecule has 1 aromatic carbocycles. The van der Waals surface area contributed by atoms with Gasteiger partial charge in [-0.15, -0.1) is 0 Å². The molecule has 0 saturated heterocycles. The van der Waals surface area contributed by atoms with Crippen LogP contribution in [0.5, 0.6) is 5.75 Å². The van der Waals surface area contributed by atoms with E-state index in [4.69, 9.17) is 4.74 Å². The molecular formula is C10H12Br2O. The second kappa shape index (κ2) is 6.44. The van der Waals surface area contributed by atoms with Crippen molar-refractivity contribution in [1.29, 1.82) is 0 Å². The van der Waals surface area contributed by atoms with Gasteiger partial charge in [-0.05, 0) is 25.0 Å². The molecule has 0 unspecified atom stereocenters. The third-order valence-corrected chi connectivity index (χ3v) is 2.49. The van der Waals surface area contributed by atoms with E-state index in [9.17, 15) is 0 Å². The van der Waals surface area contributed by atoms with E-state index in [-0.39, 0.29) is 0 Å². The second-order valence-electron chi connectivity index (χ2n) is 2.69. The van der Waals surface area contributed by atoms with Gasteiger partial charge in [-0.2, -0.15) is 0 Å². The topological polar surface area (TPSA) is 9.23 Å². The minimum atomic E-state index is 0.402. The number of rotatable bonds is 5. The molecule has 3 heteroatoms. The van der Waals surface area contributed by atoms with Gasteiger partial charge in [-0.3, -0.25) is 0 Å². The average molecular weight is 308 g/mol. The quantitative estimate of drug-likeness (QED) is 0.591. The van der Waals surface area contributed by atoms with Gasteiger partial charge in [0, 0.05) is 0 Å². The van der Waals surface area contributed by atoms with Gasteiger partial charge < -0.3 is 4.74 Å². The van der Waals surface area contributed by atoms with Crippen LogP contribution in [0, 0.1) is 0 Å². The van der Waals surface area contributed by atoms with Crippen LogP contribution in [0.15, 0.2) is 30.3 Å². The maximum absolute atomic E-state index is 5.51. The lowest BCUT2D eigenvalue weighted by molar-refractivity contribution is 0.309. The van der Waals surface area contributed by atoms with Crippen LogP contribution in [0.3, 0.4) is 0 Å². The molecule has 0 atom stereocenters. The van der Waals surface area contributed by atoms with E-state index in [2.05, 4.69) is 31.9 Å². The number of hydrogen-bond donors (Lipinski definition) is 0. The molecular weight excluding hydrogens is 296 g/mol. The van der Waals surface area contributed by atoms with Crippen LogP contribution in [0.1, 0.15) is 12.8 Å². The summed E-state index contributed by atoms with van der Waals surface area (Å²) >= 11 is 6.84. The number of benzene rings is 1. The van der Waals surface area contributed by atoms with E-state index in [1.54, 1.807) is 0 Å². The predicted molar refractivity (Wildman–Crippen MR) is 62.8 cm³/mol. The van der Waals surface area contributed by atoms with E-state index in [0.717, 1.165) is 25.2 Å². The smallest absolute Gasteiger partial charge is 0.119 e. The summed E-state index contributed by atoms with van der Waals surface area (Å²) in [6, 6.07) is 9.89. The predicted octanol–water partition coefficient (Wildman–Crippen LogP) is 3.96. The van der Waals surface area contributed by atoms with Crippen molar-refractivity contribution in [2.45, 2.75) is 16.6 Å². The standard InChI is InChI=1S/C10H12Br2O/c11-10(12)7-4-8-13-9-5-2-1-3-6-9/h1-3,5-6,10H,4,7-8H2. The minimum absolute atomic E-state index is 0.402. The first-order valence-electron chi connectivity index (χ1n) is 4.25. The highest BCUT2D eigenvalue weighted by Crippen LogP contribution is 2.15. The van der Waals surface area contributed by atoms with Gasteiger partial charge in [-0.1, -0.05) is 50.1 Å². The van der Waals surface area contributed by atoms with Crippen molar-refractivity contribution in [2.75, 3.05) is 6.61 Å². The summed E-state index contributed by atoms with van der Waals surface area (Å²) in [6.07, 6.45) is 2.13. The van der Waals surface area contributed by atoms with Gasteiger partial charge in [0.15, 0.2) is 0 Å². The van der Waals surface area contributed by atoms with Crippen LogP contribution in [-0.4, -0.2) is 10.3 Å². The maximum atomic E-state index is 5.51. The summed E-state index contributed by atoms with van der Waals surface area (Å²) in [5.74, 6) is 0.947. The van der Waals surface area contributed by atoms with Crippen molar-refractivity contribution < 1.29 is 4.74 Å². The van der Waals surface area contributed by atoms with Gasteiger partial charge in [0.2, 0.25) is 0 Å². The van der Waals surface area contributed by atoms with Crippen molar-refractivity contribution in [1.82, 2.24) is 0 Å². The zero-order chi connectivity index (χ0) is 9.52. The third-order valence-electron chi connectivity index (χ3n) is 1.58. The molecule has 13 heavy (non-hydrogen) atoms. The monoisotopic (exact) mass is 306 g/mol. The van der Waals surface area contributed by atoms with Crippen LogP contribution in [0.2, 0.25) is 0 Å². The van der Waals surface area contributed by atoms with Crippen LogP contribution in [0.25, 0.3) is 0 Å². The summed E-state index contributed by atoms with van der Waals surface area (Å²) < 4.78 is 5.92. The largest absolute Gasteiger partial charge is 0.494 e. The van der Waals surface area contributed by atoms with E-state index in [1.165, 1.54) is 0 Å². The Labute approximate surface area is 95.7 Å². The second-order valence-corrected chi connectivity index (χ2v) is 6.13. The fourth-order valence-electron chi connectivity index (χ4n) is 0.944. The first-order valence-corrected chi connectivity index (χ1v) is 6.08. The van der Waals surface area contributed by atoms with Gasteiger partial charge >= 0.3 is 0 Å². The fourth-order valence-corrected chi connectivity index (χ4v) is 1.59. The Balaban J connectivity index is 2.13. The summed E-state index contributed by atoms with van der Waals surface area (Å²) in [6.45, 7) is 0.776. The summed E-state index contributed by atoms with van der Waals surface area (Å²) in [4.78, 5) is 0. The molecule has 0 radical (unpaired) electrons. The van der Waals surface area contributed by atoms with Crippen LogP contribution in [0.4, 0.5) is 0 Å². The Morgan fingerprint density at radius 1 is 1.15 bits per heavy atom. The zero-order valence-corrected chi connectivity index (χ0v) is 10.4. The summed E-state index contributed by atoms with van der Waals surface area (Å²) in [5, 5.41) is 0. The van der Waals surface area contributed by atoms with Gasteiger partial charge in [0.1, 0.15) is 5.75 Å². The normalized spacial score (nSPS) is 10.4. The molecule has 0 aromatic heterocycles. The van der Waals surface area contributed by atoms with Crippen molar-refractivity contribution in [3.8, 4) is 5.75 Å². The number of halogens is 2. The Kier molecular flexibility index (Phi) is 5.47. The van der Waals surface area contributed by atoms with Crippen molar-refractivity contribution in [2.24, 2.45) is 0 Å². The molecule has 0 N–H and O–H groups in total. The van der Waals surface area contributed by atoms with Crippen molar-refractivity contribution in [3.05, 3.63) is 30.3 Å². The lowest BCUT2D eigenvalue weighted by Gasteiger charge is -2.05. The third kappa shape index (κ3) is 5.32. The summed E-state index contributed by atoms with van der Waals surface area (Å²) in [7, 11) is 0. The molecule has 72 valence electrons. The molecule has 0 bridgehead atoms. The Hall–Kier alpha value is -0.0200. The Bertz CT molecular complexity index is 224. The SMILES string of the molecule is BrC(Br)CCCOc1ccccc1. The number of alkyl halides is 2. The number of para-hydroxylation sites is 1. The van der Waals surface area contributed by atoms with E-state index in [1.807, 2.05) is 30.3 Å². The van der Waals surface area contributed by atoms with Crippen LogP contribution < -0.4 is 4.74 Å². The molecule has 0 aliphatic carbocycles. The van der Waals surface area contributed by atoms with E-state index < -0.39 is 0 Å². The van der Waals surface area contributed by atoms with E-state index >= 15 is 0 Å². The molecule has 1 nitrogen and oxygen atoms in total. The molecule has 1 rings (SSSR count). The van der Waals surface area contributed by atoms with Crippen LogP contribution >= 0.6 is 31.9 Å². The first-order chi connectivity index (χ1) is 6.29. The highest BCUT2D eigenvalue weighted by atomic mass is 79.9. The van der Waals surface area contributed by atoms with Crippen LogP contribution in [-0.2, 0) is 0 Å². The zero-order valence-electron chi connectivity index (χ0n) is 7.25. The molecule has 0 aliphatic heterocycles. The van der Waals surface area contributed by atoms with Gasteiger partial charge in [0.05, 0.1) is 10.3 Å². The lowest BCUT2D eigenvalue weighted by atomic mass is 10.3. The Morgan fingerprint density at radius 3 is 2.46 bits per heavy atom. The lowest BCUT2D eigenvalue weighted by Crippen LogP contribution is -1.98. The number of hydrogen-bond acceptors (Lipinski definition) is 1. The first kappa shape index (κ1) is 11.1. The Morgan fingerprint density at radius 2 is 1.85 bits per heavy atom. The highest BCUT2D eigenvalue weighted by molar-refractivity contribution is 9.24. The van der Waals surface area contributed by atoms with Gasteiger partial charge in [0.25, 0.3) is 0 Å². The van der Waals surface area contributed by atoms with E-state index in [0.29, 0.717) is 3.74 Å². The molecule has 0 heterocycles. The molecule has 1 aromatic rings. The molecule has 0 aliphatic rings. The fraction of sp³-hybridized carbons (Fsp3) is 0.400. The maximum Gasteiger partial charge on any atom is 0.119 e. The van der Waals surface area contributed by atoms with Gasteiger partial charge in [-0.25, -0.2) is 0 Å². The van der Waals surface area contributed by atoms with Crippen molar-refractivity contribution >= 4 is 31.9 Å². The molecule has 0 spiro atoms. The minimum Gasteiger partial charge on any atom is -0.494 e. The molecule has 0 fully saturated rings. The number of ether oxygens (including phenoxy) is 1. The molecule has 0 amide bonds. The summed E-state index contributed by atoms with van der Waals surface area (Å²) in [5.41, 5.74) is 0. The highest BCUT2D eigenvalue weighted by Gasteiger charge is 1.97. The molecule has 0 saturated carbocycles. The van der Waals surface area contributed by atoms with Crippen molar-refractivity contribution in [3.63, 3.8) is 0 Å².